The number of methoxy groups -OCH3 is 1. The van der Waals surface area contributed by atoms with Gasteiger partial charge in [0, 0.05) is 29.8 Å². The fraction of sp³-hybridized carbons (Fsp3) is 0.308. The van der Waals surface area contributed by atoms with E-state index >= 15 is 0 Å². The van der Waals surface area contributed by atoms with Gasteiger partial charge in [0.1, 0.15) is 12.4 Å². The zero-order chi connectivity index (χ0) is 25.1. The van der Waals surface area contributed by atoms with Crippen LogP contribution in [0.25, 0.3) is 11.5 Å². The van der Waals surface area contributed by atoms with Gasteiger partial charge in [-0.15, -0.1) is 0 Å². The van der Waals surface area contributed by atoms with Gasteiger partial charge in [-0.3, -0.25) is 14.5 Å². The first-order valence-corrected chi connectivity index (χ1v) is 11.3. The summed E-state index contributed by atoms with van der Waals surface area (Å²) in [5.74, 6) is -0.597. The molecule has 0 fully saturated rings. The molecule has 0 saturated carbocycles. The fourth-order valence-corrected chi connectivity index (χ4v) is 3.98. The van der Waals surface area contributed by atoms with Crippen molar-refractivity contribution in [3.8, 4) is 17.2 Å². The number of aryl methyl sites for hydroxylation is 1. The molecule has 0 radical (unpaired) electrons. The molecule has 1 atom stereocenters. The first kappa shape index (κ1) is 24.2. The molecule has 4 rings (SSSR count). The molecule has 0 bridgehead atoms. The van der Waals surface area contributed by atoms with Gasteiger partial charge in [0.05, 0.1) is 18.2 Å². The van der Waals surface area contributed by atoms with Gasteiger partial charge in [0.15, 0.2) is 17.4 Å². The predicted molar refractivity (Wildman–Crippen MR) is 128 cm³/mol. The van der Waals surface area contributed by atoms with Crippen LogP contribution in [-0.2, 0) is 14.3 Å². The highest BCUT2D eigenvalue weighted by atomic mass is 16.5. The highest BCUT2D eigenvalue weighted by Gasteiger charge is 2.45. The number of carbonyl (C=O) groups excluding carboxylic acids is 2. The van der Waals surface area contributed by atoms with E-state index in [0.717, 1.165) is 0 Å². The molecule has 1 unspecified atom stereocenters. The summed E-state index contributed by atoms with van der Waals surface area (Å²) in [6.07, 6.45) is 0. The summed E-state index contributed by atoms with van der Waals surface area (Å²) in [6, 6.07) is 13.2. The van der Waals surface area contributed by atoms with E-state index < -0.39 is 23.6 Å². The molecule has 0 aliphatic carbocycles. The molecule has 2 heterocycles. The van der Waals surface area contributed by atoms with E-state index in [1.807, 2.05) is 0 Å². The topological polar surface area (TPSA) is 115 Å². The Morgan fingerprint density at radius 1 is 1.14 bits per heavy atom. The molecule has 1 aliphatic rings. The van der Waals surface area contributed by atoms with Gasteiger partial charge in [-0.2, -0.15) is 4.98 Å². The molecule has 1 aliphatic heterocycles. The number of carbonyl (C=O) groups is 2. The number of para-hydroxylation sites is 1. The molecular formula is C26H27N3O6. The minimum Gasteiger partial charge on any atom is -0.503 e. The zero-order valence-corrected chi connectivity index (χ0v) is 20.0. The van der Waals surface area contributed by atoms with Crippen molar-refractivity contribution in [3.63, 3.8) is 0 Å². The molecule has 1 N–H and O–H groups in total. The number of amides is 1. The fourth-order valence-electron chi connectivity index (χ4n) is 3.98. The van der Waals surface area contributed by atoms with Gasteiger partial charge in [-0.05, 0) is 37.3 Å². The van der Waals surface area contributed by atoms with Gasteiger partial charge in [-0.25, -0.2) is 0 Å². The van der Waals surface area contributed by atoms with Gasteiger partial charge in [0.2, 0.25) is 0 Å². The van der Waals surface area contributed by atoms with Gasteiger partial charge >= 0.3 is 0 Å². The van der Waals surface area contributed by atoms with Crippen molar-refractivity contribution < 1.29 is 28.7 Å². The Morgan fingerprint density at radius 3 is 2.49 bits per heavy atom. The summed E-state index contributed by atoms with van der Waals surface area (Å²) in [5, 5.41) is 14.7. The monoisotopic (exact) mass is 477 g/mol. The van der Waals surface area contributed by atoms with Crippen molar-refractivity contribution in [3.05, 3.63) is 71.3 Å². The minimum atomic E-state index is -0.868. The second kappa shape index (κ2) is 10.1. The highest BCUT2D eigenvalue weighted by molar-refractivity contribution is 6.17. The first-order chi connectivity index (χ1) is 16.8. The zero-order valence-electron chi connectivity index (χ0n) is 20.0. The van der Waals surface area contributed by atoms with Crippen LogP contribution in [0.2, 0.25) is 0 Å². The van der Waals surface area contributed by atoms with Crippen LogP contribution in [0.3, 0.4) is 0 Å². The molecule has 0 spiro atoms. The number of ketones is 1. The van der Waals surface area contributed by atoms with Crippen LogP contribution >= 0.6 is 0 Å². The Morgan fingerprint density at radius 2 is 1.86 bits per heavy atom. The van der Waals surface area contributed by atoms with E-state index in [9.17, 15) is 14.7 Å². The number of nitrogens with zero attached hydrogens (tertiary/aromatic N) is 3. The van der Waals surface area contributed by atoms with Crippen molar-refractivity contribution in [1.29, 1.82) is 0 Å². The Labute approximate surface area is 203 Å². The quantitative estimate of drug-likeness (QED) is 0.456. The Balaban J connectivity index is 1.79. The summed E-state index contributed by atoms with van der Waals surface area (Å²) in [5.41, 5.74) is 1.80. The number of rotatable bonds is 9. The lowest BCUT2D eigenvalue weighted by Gasteiger charge is -2.28. The predicted octanol–water partition coefficient (Wildman–Crippen LogP) is 4.20. The number of Topliss-reactive ketones (excluding diaryl/α,β-unsaturated/α-hetero) is 1. The molecule has 9 nitrogen and oxygen atoms in total. The average Bonchev–Trinajstić information content (AvgIpc) is 3.40. The molecule has 3 aromatic rings. The number of aromatic nitrogens is 2. The van der Waals surface area contributed by atoms with E-state index in [1.54, 1.807) is 76.4 Å². The summed E-state index contributed by atoms with van der Waals surface area (Å²) < 4.78 is 16.2. The van der Waals surface area contributed by atoms with Crippen LogP contribution in [0.4, 0.5) is 5.69 Å². The summed E-state index contributed by atoms with van der Waals surface area (Å²) in [7, 11) is 1.58. The summed E-state index contributed by atoms with van der Waals surface area (Å²) >= 11 is 0. The van der Waals surface area contributed by atoms with Crippen LogP contribution in [-0.4, -0.2) is 47.3 Å². The lowest BCUT2D eigenvalue weighted by molar-refractivity contribution is -0.119. The van der Waals surface area contributed by atoms with Crippen LogP contribution in [0.5, 0.6) is 5.75 Å². The maximum absolute atomic E-state index is 13.3. The smallest absolute Gasteiger partial charge is 0.294 e. The van der Waals surface area contributed by atoms with Crippen LogP contribution < -0.4 is 9.64 Å². The SMILES string of the molecule is COCCOc1ccccc1C1C(C(=O)C(C)C)=C(O)C(=O)N1c1ccc(-c2nc(C)no2)cc1. The molecule has 35 heavy (non-hydrogen) atoms. The van der Waals surface area contributed by atoms with E-state index in [0.29, 0.717) is 40.9 Å². The Kier molecular flexibility index (Phi) is 6.97. The van der Waals surface area contributed by atoms with Crippen molar-refractivity contribution in [2.45, 2.75) is 26.8 Å². The average molecular weight is 478 g/mol. The van der Waals surface area contributed by atoms with Crippen molar-refractivity contribution in [2.24, 2.45) is 5.92 Å². The molecule has 182 valence electrons. The van der Waals surface area contributed by atoms with Crippen molar-refractivity contribution in [2.75, 3.05) is 25.2 Å². The molecular weight excluding hydrogens is 450 g/mol. The van der Waals surface area contributed by atoms with Crippen molar-refractivity contribution >= 4 is 17.4 Å². The lowest BCUT2D eigenvalue weighted by atomic mass is 9.90. The number of aliphatic hydroxyl groups excluding tert-OH is 1. The van der Waals surface area contributed by atoms with Crippen LogP contribution in [0.15, 0.2) is 64.4 Å². The summed E-state index contributed by atoms with van der Waals surface area (Å²) in [4.78, 5) is 32.1. The third kappa shape index (κ3) is 4.67. The third-order valence-electron chi connectivity index (χ3n) is 5.68. The highest BCUT2D eigenvalue weighted by Crippen LogP contribution is 2.44. The van der Waals surface area contributed by atoms with Crippen LogP contribution in [0.1, 0.15) is 31.3 Å². The number of ether oxygens (including phenoxy) is 2. The van der Waals surface area contributed by atoms with Gasteiger partial charge < -0.3 is 19.1 Å². The first-order valence-electron chi connectivity index (χ1n) is 11.3. The molecule has 1 aromatic heterocycles. The number of benzene rings is 2. The minimum absolute atomic E-state index is 0.0457. The van der Waals surface area contributed by atoms with Crippen molar-refractivity contribution in [1.82, 2.24) is 10.1 Å². The normalized spacial score (nSPS) is 15.9. The number of hydrogen-bond acceptors (Lipinski definition) is 8. The number of hydrogen-bond donors (Lipinski definition) is 1. The molecule has 0 saturated heterocycles. The lowest BCUT2D eigenvalue weighted by Crippen LogP contribution is -2.31. The molecule has 1 amide bonds. The second-order valence-electron chi connectivity index (χ2n) is 8.43. The Bertz CT molecular complexity index is 1260. The molecule has 2 aromatic carbocycles. The van der Waals surface area contributed by atoms with E-state index in [4.69, 9.17) is 14.0 Å². The largest absolute Gasteiger partial charge is 0.503 e. The maximum Gasteiger partial charge on any atom is 0.294 e. The second-order valence-corrected chi connectivity index (χ2v) is 8.43. The summed E-state index contributed by atoms with van der Waals surface area (Å²) in [6.45, 7) is 5.85. The van der Waals surface area contributed by atoms with Crippen LogP contribution in [0, 0.1) is 12.8 Å². The van der Waals surface area contributed by atoms with E-state index in [-0.39, 0.29) is 18.0 Å². The Hall–Kier alpha value is -3.98. The maximum atomic E-state index is 13.3. The van der Waals surface area contributed by atoms with E-state index in [1.165, 1.54) is 4.90 Å². The molecule has 9 heteroatoms. The van der Waals surface area contributed by atoms with Gasteiger partial charge in [-0.1, -0.05) is 37.2 Å². The van der Waals surface area contributed by atoms with E-state index in [2.05, 4.69) is 10.1 Å². The number of aliphatic hydroxyl groups is 1. The standard InChI is InChI=1S/C26H27N3O6/c1-15(2)23(30)21-22(19-7-5-6-8-20(19)34-14-13-33-4)29(26(32)24(21)31)18-11-9-17(10-12-18)25-27-16(3)28-35-25/h5-12,15,22,31H,13-14H2,1-4H3. The third-order valence-corrected chi connectivity index (χ3v) is 5.68. The van der Waals surface area contributed by atoms with Gasteiger partial charge in [0.25, 0.3) is 11.8 Å². The number of anilines is 1.